The highest BCUT2D eigenvalue weighted by Crippen LogP contribution is 2.34. The summed E-state index contributed by atoms with van der Waals surface area (Å²) in [6.45, 7) is 5.77. The maximum absolute atomic E-state index is 10.6. The van der Waals surface area contributed by atoms with E-state index in [1.165, 1.54) is 43.5 Å². The smallest absolute Gasteiger partial charge is 0.0795 e. The van der Waals surface area contributed by atoms with Crippen LogP contribution in [0.15, 0.2) is 48.5 Å². The van der Waals surface area contributed by atoms with E-state index in [1.807, 2.05) is 0 Å². The number of aliphatic hydroxyl groups excluding tert-OH is 1. The molecule has 4 rings (SSSR count). The van der Waals surface area contributed by atoms with Gasteiger partial charge in [-0.15, -0.1) is 0 Å². The van der Waals surface area contributed by atoms with Crippen molar-refractivity contribution in [2.24, 2.45) is 5.92 Å². The Hall–Kier alpha value is -1.64. The molecule has 2 nitrogen and oxygen atoms in total. The highest BCUT2D eigenvalue weighted by Gasteiger charge is 2.27. The van der Waals surface area contributed by atoms with Crippen LogP contribution in [0.2, 0.25) is 0 Å². The van der Waals surface area contributed by atoms with Gasteiger partial charge in [0.15, 0.2) is 0 Å². The second-order valence-electron chi connectivity index (χ2n) is 8.29. The number of hydrogen-bond donors (Lipinski definition) is 1. The number of nitrogens with zero attached hydrogens (tertiary/aromatic N) is 1. The normalized spacial score (nSPS) is 24.8. The summed E-state index contributed by atoms with van der Waals surface area (Å²) in [6, 6.07) is 17.3. The Labute approximate surface area is 157 Å². The van der Waals surface area contributed by atoms with Gasteiger partial charge in [0.2, 0.25) is 0 Å². The molecule has 2 aromatic rings. The fourth-order valence-electron chi connectivity index (χ4n) is 5.01. The van der Waals surface area contributed by atoms with Gasteiger partial charge in [0.25, 0.3) is 0 Å². The van der Waals surface area contributed by atoms with Crippen LogP contribution in [0, 0.1) is 12.8 Å². The molecule has 1 aliphatic heterocycles. The van der Waals surface area contributed by atoms with Crippen LogP contribution in [0.3, 0.4) is 0 Å². The van der Waals surface area contributed by atoms with E-state index in [9.17, 15) is 5.11 Å². The number of rotatable bonds is 3. The molecule has 2 unspecified atom stereocenters. The van der Waals surface area contributed by atoms with Crippen molar-refractivity contribution in [3.63, 3.8) is 0 Å². The lowest BCUT2D eigenvalue weighted by atomic mass is 9.86. The molecule has 0 radical (unpaired) electrons. The first-order valence-electron chi connectivity index (χ1n) is 10.2. The molecule has 26 heavy (non-hydrogen) atoms. The first-order chi connectivity index (χ1) is 12.7. The average Bonchev–Trinajstić information content (AvgIpc) is 2.82. The van der Waals surface area contributed by atoms with E-state index >= 15 is 0 Å². The molecule has 0 spiro atoms. The Bertz CT molecular complexity index is 732. The van der Waals surface area contributed by atoms with Crippen molar-refractivity contribution in [1.29, 1.82) is 0 Å². The zero-order chi connectivity index (χ0) is 17.9. The fourth-order valence-corrected chi connectivity index (χ4v) is 5.01. The predicted molar refractivity (Wildman–Crippen MR) is 107 cm³/mol. The van der Waals surface area contributed by atoms with E-state index in [2.05, 4.69) is 60.4 Å². The molecule has 0 amide bonds. The Morgan fingerprint density at radius 3 is 2.38 bits per heavy atom. The SMILES string of the molecule is Cc1ccccc1C1CCN(CC2CCc3ccccc3C(O)C2)CC1. The van der Waals surface area contributed by atoms with Crippen molar-refractivity contribution in [2.75, 3.05) is 19.6 Å². The predicted octanol–water partition coefficient (Wildman–Crippen LogP) is 4.86. The van der Waals surface area contributed by atoms with E-state index in [-0.39, 0.29) is 6.10 Å². The molecule has 138 valence electrons. The van der Waals surface area contributed by atoms with Gasteiger partial charge in [0.1, 0.15) is 0 Å². The molecule has 1 fully saturated rings. The minimum atomic E-state index is -0.289. The molecular formula is C24H31NO. The van der Waals surface area contributed by atoms with Crippen LogP contribution in [0.1, 0.15) is 60.0 Å². The number of aliphatic hydroxyl groups is 1. The zero-order valence-corrected chi connectivity index (χ0v) is 15.9. The Morgan fingerprint density at radius 2 is 1.62 bits per heavy atom. The van der Waals surface area contributed by atoms with Gasteiger partial charge in [-0.1, -0.05) is 48.5 Å². The third-order valence-corrected chi connectivity index (χ3v) is 6.52. The van der Waals surface area contributed by atoms with Crippen molar-refractivity contribution in [3.8, 4) is 0 Å². The van der Waals surface area contributed by atoms with Gasteiger partial charge in [0, 0.05) is 6.54 Å². The number of likely N-dealkylation sites (tertiary alicyclic amines) is 1. The second-order valence-corrected chi connectivity index (χ2v) is 8.29. The lowest BCUT2D eigenvalue weighted by Crippen LogP contribution is -2.37. The Balaban J connectivity index is 1.33. The second kappa shape index (κ2) is 7.94. The molecule has 0 bridgehead atoms. The summed E-state index contributed by atoms with van der Waals surface area (Å²) in [6.07, 6.45) is 5.46. The summed E-state index contributed by atoms with van der Waals surface area (Å²) in [7, 11) is 0. The quantitative estimate of drug-likeness (QED) is 0.800. The number of aryl methyl sites for hydroxylation is 2. The standard InChI is InChI=1S/C24H31NO/c1-18-6-2-4-8-22(18)21-12-14-25(15-13-21)17-19-10-11-20-7-3-5-9-23(20)24(26)16-19/h2-9,19,21,24,26H,10-17H2,1H3. The van der Waals surface area contributed by atoms with E-state index in [4.69, 9.17) is 0 Å². The monoisotopic (exact) mass is 349 g/mol. The van der Waals surface area contributed by atoms with Crippen molar-refractivity contribution >= 4 is 0 Å². The molecule has 1 N–H and O–H groups in total. The molecule has 1 aliphatic carbocycles. The van der Waals surface area contributed by atoms with Gasteiger partial charge in [-0.2, -0.15) is 0 Å². The van der Waals surface area contributed by atoms with Crippen molar-refractivity contribution in [3.05, 3.63) is 70.8 Å². The van der Waals surface area contributed by atoms with Gasteiger partial charge in [-0.3, -0.25) is 0 Å². The van der Waals surface area contributed by atoms with E-state index in [0.29, 0.717) is 5.92 Å². The Kier molecular flexibility index (Phi) is 5.42. The number of fused-ring (bicyclic) bond motifs is 1. The van der Waals surface area contributed by atoms with E-state index in [0.717, 1.165) is 30.9 Å². The van der Waals surface area contributed by atoms with Crippen LogP contribution >= 0.6 is 0 Å². The molecule has 1 heterocycles. The van der Waals surface area contributed by atoms with Gasteiger partial charge < -0.3 is 10.0 Å². The summed E-state index contributed by atoms with van der Waals surface area (Å²) in [5.41, 5.74) is 5.50. The van der Waals surface area contributed by atoms with Gasteiger partial charge in [-0.05, 0) is 86.2 Å². The summed E-state index contributed by atoms with van der Waals surface area (Å²) in [5, 5.41) is 10.6. The average molecular weight is 350 g/mol. The van der Waals surface area contributed by atoms with Crippen molar-refractivity contribution < 1.29 is 5.11 Å². The third-order valence-electron chi connectivity index (χ3n) is 6.52. The third kappa shape index (κ3) is 3.87. The molecule has 2 heteroatoms. The summed E-state index contributed by atoms with van der Waals surface area (Å²) in [4.78, 5) is 2.64. The maximum Gasteiger partial charge on any atom is 0.0795 e. The zero-order valence-electron chi connectivity index (χ0n) is 15.9. The van der Waals surface area contributed by atoms with Gasteiger partial charge in [-0.25, -0.2) is 0 Å². The lowest BCUT2D eigenvalue weighted by Gasteiger charge is -2.35. The first kappa shape index (κ1) is 17.8. The van der Waals surface area contributed by atoms with Gasteiger partial charge >= 0.3 is 0 Å². The number of piperidine rings is 1. The maximum atomic E-state index is 10.6. The van der Waals surface area contributed by atoms with Crippen molar-refractivity contribution in [2.45, 2.75) is 51.0 Å². The number of hydrogen-bond acceptors (Lipinski definition) is 2. The highest BCUT2D eigenvalue weighted by molar-refractivity contribution is 5.31. The van der Waals surface area contributed by atoms with Crippen LogP contribution in [0.25, 0.3) is 0 Å². The van der Waals surface area contributed by atoms with E-state index in [1.54, 1.807) is 5.56 Å². The molecule has 0 saturated carbocycles. The van der Waals surface area contributed by atoms with Crippen LogP contribution < -0.4 is 0 Å². The molecule has 0 aromatic heterocycles. The van der Waals surface area contributed by atoms with E-state index < -0.39 is 0 Å². The molecular weight excluding hydrogens is 318 g/mol. The lowest BCUT2D eigenvalue weighted by molar-refractivity contribution is 0.117. The van der Waals surface area contributed by atoms with Gasteiger partial charge in [0.05, 0.1) is 6.10 Å². The summed E-state index contributed by atoms with van der Waals surface area (Å²) >= 11 is 0. The van der Waals surface area contributed by atoms with Crippen LogP contribution in [-0.4, -0.2) is 29.6 Å². The fraction of sp³-hybridized carbons (Fsp3) is 0.500. The van der Waals surface area contributed by atoms with Crippen LogP contribution in [0.5, 0.6) is 0 Å². The highest BCUT2D eigenvalue weighted by atomic mass is 16.3. The molecule has 1 saturated heterocycles. The van der Waals surface area contributed by atoms with Crippen molar-refractivity contribution in [1.82, 2.24) is 4.90 Å². The summed E-state index contributed by atoms with van der Waals surface area (Å²) < 4.78 is 0. The minimum absolute atomic E-state index is 0.289. The molecule has 2 atom stereocenters. The number of benzene rings is 2. The first-order valence-corrected chi connectivity index (χ1v) is 10.2. The summed E-state index contributed by atoms with van der Waals surface area (Å²) in [5.74, 6) is 1.32. The Morgan fingerprint density at radius 1 is 0.923 bits per heavy atom. The van der Waals surface area contributed by atoms with Crippen LogP contribution in [0.4, 0.5) is 0 Å². The topological polar surface area (TPSA) is 23.5 Å². The van der Waals surface area contributed by atoms with Crippen LogP contribution in [-0.2, 0) is 6.42 Å². The minimum Gasteiger partial charge on any atom is -0.388 e. The molecule has 2 aromatic carbocycles. The molecule has 2 aliphatic rings. The largest absolute Gasteiger partial charge is 0.388 e.